The number of ketones is 1. The summed E-state index contributed by atoms with van der Waals surface area (Å²) in [7, 11) is 3.39. The topological polar surface area (TPSA) is 117 Å². The first-order chi connectivity index (χ1) is 13.3. The molecule has 2 amide bonds. The molecule has 2 rings (SSSR count). The first-order valence-electron chi connectivity index (χ1n) is 9.60. The van der Waals surface area contributed by atoms with Crippen LogP contribution in [-0.2, 0) is 19.1 Å². The molecule has 0 aromatic heterocycles. The number of carbonyl (C=O) groups excluding carboxylic acids is 3. The smallest absolute Gasteiger partial charge is 0.289 e. The minimum absolute atomic E-state index is 0.0958. The van der Waals surface area contributed by atoms with E-state index in [9.17, 15) is 14.4 Å². The number of rotatable bonds is 11. The van der Waals surface area contributed by atoms with Crippen LogP contribution in [0.1, 0.15) is 37.8 Å². The molecule has 0 radical (unpaired) electrons. The second-order valence-corrected chi connectivity index (χ2v) is 7.16. The van der Waals surface area contributed by atoms with Gasteiger partial charge in [-0.05, 0) is 12.0 Å². The molecular formula is C20H30N4O4. The van der Waals surface area contributed by atoms with Crippen molar-refractivity contribution in [1.29, 1.82) is 0 Å². The van der Waals surface area contributed by atoms with Crippen molar-refractivity contribution in [2.24, 2.45) is 5.73 Å². The molecule has 1 aliphatic rings. The van der Waals surface area contributed by atoms with Crippen molar-refractivity contribution in [3.05, 3.63) is 35.9 Å². The maximum Gasteiger partial charge on any atom is 0.289 e. The number of nitrogens with two attached hydrogens (primary N) is 1. The number of hydrogen-bond donors (Lipinski definition) is 3. The van der Waals surface area contributed by atoms with E-state index in [0.29, 0.717) is 6.42 Å². The van der Waals surface area contributed by atoms with Gasteiger partial charge in [0.1, 0.15) is 18.4 Å². The fourth-order valence-electron chi connectivity index (χ4n) is 2.83. The Morgan fingerprint density at radius 1 is 1.21 bits per heavy atom. The Labute approximate surface area is 165 Å². The summed E-state index contributed by atoms with van der Waals surface area (Å²) in [4.78, 5) is 37.9. The number of amides is 2. The molecule has 1 aromatic carbocycles. The van der Waals surface area contributed by atoms with Crippen LogP contribution in [0.15, 0.2) is 30.3 Å². The number of Topliss-reactive ketones (excluding diaryl/α,β-unsaturated/α-hetero) is 1. The highest BCUT2D eigenvalue weighted by Crippen LogP contribution is 2.24. The lowest BCUT2D eigenvalue weighted by Gasteiger charge is -2.21. The SMILES string of the molecule is CCCCC(N)C(=O)C(=O)NCC1OC1NC(C(=O)N(C)C)c1ccccc1. The fraction of sp³-hybridized carbons (Fsp3) is 0.550. The molecule has 0 spiro atoms. The molecule has 1 aliphatic heterocycles. The van der Waals surface area contributed by atoms with Gasteiger partial charge in [0.05, 0.1) is 6.04 Å². The Hall–Kier alpha value is -2.29. The summed E-state index contributed by atoms with van der Waals surface area (Å²) in [6.07, 6.45) is 1.54. The van der Waals surface area contributed by atoms with Crippen LogP contribution in [0.4, 0.5) is 0 Å². The maximum absolute atomic E-state index is 12.5. The highest BCUT2D eigenvalue weighted by Gasteiger charge is 2.42. The van der Waals surface area contributed by atoms with Crippen LogP contribution >= 0.6 is 0 Å². The largest absolute Gasteiger partial charge is 0.351 e. The standard InChI is InChI=1S/C20H30N4O4/c1-4-5-11-14(21)17(25)18(26)22-12-15-19(28-15)23-16(20(27)24(2)3)13-9-7-6-8-10-13/h6-10,14-16,19,23H,4-5,11-12,21H2,1-3H3,(H,22,26). The van der Waals surface area contributed by atoms with Gasteiger partial charge in [-0.3, -0.25) is 19.7 Å². The van der Waals surface area contributed by atoms with Gasteiger partial charge in [-0.1, -0.05) is 50.1 Å². The van der Waals surface area contributed by atoms with E-state index in [1.54, 1.807) is 14.1 Å². The molecule has 0 aliphatic carbocycles. The Kier molecular flexibility index (Phi) is 8.10. The zero-order valence-corrected chi connectivity index (χ0v) is 16.7. The van der Waals surface area contributed by atoms with E-state index in [2.05, 4.69) is 10.6 Å². The average molecular weight is 390 g/mol. The van der Waals surface area contributed by atoms with E-state index < -0.39 is 23.8 Å². The van der Waals surface area contributed by atoms with Crippen molar-refractivity contribution >= 4 is 17.6 Å². The van der Waals surface area contributed by atoms with E-state index in [-0.39, 0.29) is 24.8 Å². The van der Waals surface area contributed by atoms with Gasteiger partial charge in [-0.25, -0.2) is 0 Å². The van der Waals surface area contributed by atoms with Crippen molar-refractivity contribution < 1.29 is 19.1 Å². The number of likely N-dealkylation sites (N-methyl/N-ethyl adjacent to an activating group) is 1. The third-order valence-electron chi connectivity index (χ3n) is 4.63. The quantitative estimate of drug-likeness (QED) is 0.370. The molecule has 1 fully saturated rings. The van der Waals surface area contributed by atoms with E-state index in [4.69, 9.17) is 10.5 Å². The summed E-state index contributed by atoms with van der Waals surface area (Å²) in [5, 5.41) is 5.74. The lowest BCUT2D eigenvalue weighted by atomic mass is 10.1. The number of unbranched alkanes of at least 4 members (excludes halogenated alkanes) is 1. The lowest BCUT2D eigenvalue weighted by molar-refractivity contribution is -0.138. The molecule has 0 bridgehead atoms. The van der Waals surface area contributed by atoms with Crippen LogP contribution in [0.5, 0.6) is 0 Å². The van der Waals surface area contributed by atoms with Gasteiger partial charge in [0.15, 0.2) is 0 Å². The van der Waals surface area contributed by atoms with Gasteiger partial charge in [0.2, 0.25) is 11.7 Å². The van der Waals surface area contributed by atoms with Gasteiger partial charge in [0, 0.05) is 20.6 Å². The van der Waals surface area contributed by atoms with Crippen LogP contribution in [0.2, 0.25) is 0 Å². The van der Waals surface area contributed by atoms with E-state index in [0.717, 1.165) is 18.4 Å². The summed E-state index contributed by atoms with van der Waals surface area (Å²) in [6.45, 7) is 2.18. The average Bonchev–Trinajstić information content (AvgIpc) is 3.45. The Morgan fingerprint density at radius 3 is 2.50 bits per heavy atom. The number of epoxide rings is 1. The van der Waals surface area contributed by atoms with Crippen molar-refractivity contribution in [1.82, 2.24) is 15.5 Å². The van der Waals surface area contributed by atoms with Gasteiger partial charge in [0.25, 0.3) is 5.91 Å². The summed E-state index contributed by atoms with van der Waals surface area (Å²) < 4.78 is 5.52. The van der Waals surface area contributed by atoms with E-state index in [1.807, 2.05) is 37.3 Å². The highest BCUT2D eigenvalue weighted by atomic mass is 16.6. The number of carbonyl (C=O) groups is 3. The molecule has 1 heterocycles. The second kappa shape index (κ2) is 10.3. The molecule has 4 atom stereocenters. The summed E-state index contributed by atoms with van der Waals surface area (Å²) in [5.74, 6) is -1.40. The Morgan fingerprint density at radius 2 is 1.89 bits per heavy atom. The number of ether oxygens (including phenoxy) is 1. The molecule has 1 aromatic rings. The van der Waals surface area contributed by atoms with Crippen LogP contribution < -0.4 is 16.4 Å². The molecule has 4 unspecified atom stereocenters. The number of hydrogen-bond acceptors (Lipinski definition) is 6. The highest BCUT2D eigenvalue weighted by molar-refractivity contribution is 6.38. The zero-order chi connectivity index (χ0) is 20.7. The molecule has 0 saturated carbocycles. The molecule has 4 N–H and O–H groups in total. The number of benzene rings is 1. The molecule has 154 valence electrons. The fourth-order valence-corrected chi connectivity index (χ4v) is 2.83. The third kappa shape index (κ3) is 6.12. The molecule has 8 heteroatoms. The Bertz CT molecular complexity index is 680. The molecule has 28 heavy (non-hydrogen) atoms. The normalized spacial score (nSPS) is 20.1. The summed E-state index contributed by atoms with van der Waals surface area (Å²) in [5.41, 5.74) is 6.58. The minimum atomic E-state index is -0.769. The summed E-state index contributed by atoms with van der Waals surface area (Å²) in [6, 6.07) is 8.04. The minimum Gasteiger partial charge on any atom is -0.351 e. The monoisotopic (exact) mass is 390 g/mol. The predicted molar refractivity (Wildman–Crippen MR) is 105 cm³/mol. The van der Waals surface area contributed by atoms with Gasteiger partial charge < -0.3 is 20.7 Å². The van der Waals surface area contributed by atoms with Gasteiger partial charge >= 0.3 is 0 Å². The predicted octanol–water partition coefficient (Wildman–Crippen LogP) is 0.333. The molecule has 1 saturated heterocycles. The number of nitrogens with one attached hydrogen (secondary N) is 2. The van der Waals surface area contributed by atoms with Crippen molar-refractivity contribution in [3.8, 4) is 0 Å². The van der Waals surface area contributed by atoms with Crippen molar-refractivity contribution in [2.45, 2.75) is 50.6 Å². The van der Waals surface area contributed by atoms with Gasteiger partial charge in [-0.15, -0.1) is 0 Å². The van der Waals surface area contributed by atoms with Crippen LogP contribution in [-0.4, -0.2) is 61.5 Å². The van der Waals surface area contributed by atoms with E-state index >= 15 is 0 Å². The first kappa shape index (κ1) is 22.0. The molecule has 8 nitrogen and oxygen atoms in total. The number of nitrogens with zero attached hydrogens (tertiary/aromatic N) is 1. The van der Waals surface area contributed by atoms with Crippen LogP contribution in [0.25, 0.3) is 0 Å². The van der Waals surface area contributed by atoms with Crippen molar-refractivity contribution in [3.63, 3.8) is 0 Å². The summed E-state index contributed by atoms with van der Waals surface area (Å²) >= 11 is 0. The second-order valence-electron chi connectivity index (χ2n) is 7.16. The Balaban J connectivity index is 1.84. The zero-order valence-electron chi connectivity index (χ0n) is 16.7. The third-order valence-corrected chi connectivity index (χ3v) is 4.63. The maximum atomic E-state index is 12.5. The van der Waals surface area contributed by atoms with Gasteiger partial charge in [-0.2, -0.15) is 0 Å². The van der Waals surface area contributed by atoms with Crippen molar-refractivity contribution in [2.75, 3.05) is 20.6 Å². The molecular weight excluding hydrogens is 360 g/mol. The first-order valence-corrected chi connectivity index (χ1v) is 9.60. The van der Waals surface area contributed by atoms with Crippen LogP contribution in [0, 0.1) is 0 Å². The van der Waals surface area contributed by atoms with Crippen LogP contribution in [0.3, 0.4) is 0 Å². The lowest BCUT2D eigenvalue weighted by Crippen LogP contribution is -2.44. The van der Waals surface area contributed by atoms with E-state index in [1.165, 1.54) is 4.90 Å².